The van der Waals surface area contributed by atoms with Crippen LogP contribution in [-0.2, 0) is 10.9 Å². The first kappa shape index (κ1) is 31.3. The molecule has 1 amide bonds. The van der Waals surface area contributed by atoms with Gasteiger partial charge in [0.05, 0.1) is 17.7 Å². The number of hydrogen-bond donors (Lipinski definition) is 1. The topological polar surface area (TPSA) is 77.0 Å². The molecule has 4 rings (SSSR count). The first-order chi connectivity index (χ1) is 18.7. The Kier molecular flexibility index (Phi) is 10.5. The van der Waals surface area contributed by atoms with Gasteiger partial charge in [0.1, 0.15) is 12.4 Å². The van der Waals surface area contributed by atoms with Crippen molar-refractivity contribution in [1.29, 1.82) is 0 Å². The number of halogens is 4. The van der Waals surface area contributed by atoms with Crippen molar-refractivity contribution in [3.05, 3.63) is 82.4 Å². The second kappa shape index (κ2) is 13.4. The van der Waals surface area contributed by atoms with E-state index in [1.807, 2.05) is 50.2 Å². The van der Waals surface area contributed by atoms with Gasteiger partial charge in [-0.25, -0.2) is 0 Å². The highest BCUT2D eigenvalue weighted by Gasteiger charge is 2.38. The molecule has 1 fully saturated rings. The van der Waals surface area contributed by atoms with Crippen LogP contribution in [0, 0.1) is 6.92 Å². The minimum Gasteiger partial charge on any atom is -0.490 e. The van der Waals surface area contributed by atoms with Crippen LogP contribution >= 0.6 is 11.6 Å². The van der Waals surface area contributed by atoms with Crippen molar-refractivity contribution in [3.8, 4) is 16.9 Å². The lowest BCUT2D eigenvalue weighted by atomic mass is 9.98. The highest BCUT2D eigenvalue weighted by atomic mass is 35.5. The number of carbonyl (C=O) groups excluding carboxylic acids is 1. The maximum atomic E-state index is 13.7. The van der Waals surface area contributed by atoms with Crippen LogP contribution in [0.3, 0.4) is 0 Å². The quantitative estimate of drug-likeness (QED) is 0.285. The van der Waals surface area contributed by atoms with Gasteiger partial charge in [-0.2, -0.15) is 13.2 Å². The van der Waals surface area contributed by atoms with Gasteiger partial charge in [0.2, 0.25) is 0 Å². The molecule has 0 radical (unpaired) electrons. The van der Waals surface area contributed by atoms with Crippen molar-refractivity contribution < 1.29 is 27.4 Å². The molecule has 3 aromatic carbocycles. The number of rotatable bonds is 8. The number of nitrogens with zero attached hydrogens (tertiary/aromatic N) is 2. The Morgan fingerprint density at radius 3 is 2.42 bits per heavy atom. The van der Waals surface area contributed by atoms with E-state index in [4.69, 9.17) is 21.1 Å². The van der Waals surface area contributed by atoms with E-state index in [0.29, 0.717) is 32.7 Å². The molecule has 1 aliphatic heterocycles. The Hall–Kier alpha value is -3.27. The number of amides is 1. The first-order valence-corrected chi connectivity index (χ1v) is 13.3. The Bertz CT molecular complexity index is 1300. The summed E-state index contributed by atoms with van der Waals surface area (Å²) in [6.07, 6.45) is -3.98. The van der Waals surface area contributed by atoms with E-state index in [1.54, 1.807) is 7.11 Å². The largest absolute Gasteiger partial charge is 0.490 e. The summed E-state index contributed by atoms with van der Waals surface area (Å²) in [4.78, 5) is 17.0. The SMILES string of the molecule is CC[C@@H]1CN(C(=O)c2ccc(Cl)cc2C(F)(F)F)CCN1c1ccc(-c2ccccc2)c(OCCOC)c1C.N. The predicted molar refractivity (Wildman–Crippen MR) is 153 cm³/mol. The van der Waals surface area contributed by atoms with E-state index >= 15 is 0 Å². The molecule has 1 atom stereocenters. The molecule has 216 valence electrons. The van der Waals surface area contributed by atoms with Crippen LogP contribution in [0.1, 0.15) is 34.8 Å². The zero-order valence-corrected chi connectivity index (χ0v) is 23.7. The van der Waals surface area contributed by atoms with Crippen molar-refractivity contribution >= 4 is 23.2 Å². The number of alkyl halides is 3. The van der Waals surface area contributed by atoms with Gasteiger partial charge in [0, 0.05) is 54.6 Å². The summed E-state index contributed by atoms with van der Waals surface area (Å²) in [7, 11) is 1.62. The van der Waals surface area contributed by atoms with Crippen LogP contribution in [0.15, 0.2) is 60.7 Å². The lowest BCUT2D eigenvalue weighted by Crippen LogP contribution is -2.55. The molecule has 40 heavy (non-hydrogen) atoms. The van der Waals surface area contributed by atoms with Gasteiger partial charge >= 0.3 is 6.18 Å². The summed E-state index contributed by atoms with van der Waals surface area (Å²) in [6.45, 7) is 5.92. The molecule has 1 heterocycles. The number of piperazine rings is 1. The number of carbonyl (C=O) groups is 1. The molecule has 1 aliphatic rings. The summed E-state index contributed by atoms with van der Waals surface area (Å²) in [5, 5.41) is -0.0620. The third-order valence-corrected chi connectivity index (χ3v) is 7.30. The van der Waals surface area contributed by atoms with Gasteiger partial charge in [-0.05, 0) is 49.2 Å². The van der Waals surface area contributed by atoms with Crippen LogP contribution in [0.5, 0.6) is 5.75 Å². The van der Waals surface area contributed by atoms with E-state index in [0.717, 1.165) is 40.3 Å². The van der Waals surface area contributed by atoms with Crippen LogP contribution in [-0.4, -0.2) is 56.8 Å². The molecule has 0 aromatic heterocycles. The summed E-state index contributed by atoms with van der Waals surface area (Å²) in [5.41, 5.74) is 2.54. The molecular formula is C30H35ClF3N3O3. The highest BCUT2D eigenvalue weighted by Crippen LogP contribution is 2.40. The molecule has 3 N–H and O–H groups in total. The summed E-state index contributed by atoms with van der Waals surface area (Å²) in [6, 6.07) is 17.3. The fourth-order valence-electron chi connectivity index (χ4n) is 5.06. The molecule has 0 aliphatic carbocycles. The molecular weight excluding hydrogens is 543 g/mol. The third-order valence-electron chi connectivity index (χ3n) is 7.06. The second-order valence-electron chi connectivity index (χ2n) is 9.49. The zero-order chi connectivity index (χ0) is 28.2. The Morgan fingerprint density at radius 2 is 1.77 bits per heavy atom. The Labute approximate surface area is 238 Å². The maximum absolute atomic E-state index is 13.7. The highest BCUT2D eigenvalue weighted by molar-refractivity contribution is 6.30. The molecule has 0 spiro atoms. The maximum Gasteiger partial charge on any atom is 0.417 e. The van der Waals surface area contributed by atoms with E-state index < -0.39 is 17.6 Å². The average Bonchev–Trinajstić information content (AvgIpc) is 2.93. The zero-order valence-electron chi connectivity index (χ0n) is 22.9. The van der Waals surface area contributed by atoms with Crippen molar-refractivity contribution in [2.75, 3.05) is 44.9 Å². The predicted octanol–water partition coefficient (Wildman–Crippen LogP) is 7.26. The van der Waals surface area contributed by atoms with Crippen LogP contribution in [0.4, 0.5) is 18.9 Å². The van der Waals surface area contributed by atoms with Gasteiger partial charge in [0.15, 0.2) is 0 Å². The van der Waals surface area contributed by atoms with Crippen LogP contribution in [0.2, 0.25) is 5.02 Å². The molecule has 10 heteroatoms. The molecule has 6 nitrogen and oxygen atoms in total. The number of methoxy groups -OCH3 is 1. The first-order valence-electron chi connectivity index (χ1n) is 12.9. The number of anilines is 1. The van der Waals surface area contributed by atoms with Crippen molar-refractivity contribution in [2.45, 2.75) is 32.5 Å². The lowest BCUT2D eigenvalue weighted by molar-refractivity contribution is -0.138. The molecule has 0 unspecified atom stereocenters. The van der Waals surface area contributed by atoms with Gasteiger partial charge in [-0.15, -0.1) is 0 Å². The fraction of sp³-hybridized carbons (Fsp3) is 0.367. The Morgan fingerprint density at radius 1 is 1.05 bits per heavy atom. The van der Waals surface area contributed by atoms with Gasteiger partial charge in [0.25, 0.3) is 5.91 Å². The Balaban J connectivity index is 0.00000441. The van der Waals surface area contributed by atoms with Gasteiger partial charge in [-0.3, -0.25) is 4.79 Å². The smallest absolute Gasteiger partial charge is 0.417 e. The normalized spacial score (nSPS) is 15.5. The molecule has 1 saturated heterocycles. The van der Waals surface area contributed by atoms with Crippen LogP contribution in [0.25, 0.3) is 11.1 Å². The number of hydrogen-bond acceptors (Lipinski definition) is 5. The van der Waals surface area contributed by atoms with E-state index in [2.05, 4.69) is 11.0 Å². The van der Waals surface area contributed by atoms with Crippen molar-refractivity contribution in [3.63, 3.8) is 0 Å². The standard InChI is InChI=1S/C30H32ClF3N2O3.H3N/c1-4-23-19-35(29(37)25-11-10-22(31)18-26(25)30(32,33)34)14-15-36(23)27-13-12-24(21-8-6-5-7-9-21)28(20(27)2)39-17-16-38-3;/h5-13,18,23H,4,14-17,19H2,1-3H3;1H3/t23-;/m1./s1. The monoisotopic (exact) mass is 577 g/mol. The fourth-order valence-corrected chi connectivity index (χ4v) is 5.24. The van der Waals surface area contributed by atoms with E-state index in [9.17, 15) is 18.0 Å². The van der Waals surface area contributed by atoms with Crippen LogP contribution < -0.4 is 15.8 Å². The summed E-state index contributed by atoms with van der Waals surface area (Å²) in [5.74, 6) is 0.122. The third kappa shape index (κ3) is 6.71. The van der Waals surface area contributed by atoms with Crippen molar-refractivity contribution in [1.82, 2.24) is 11.1 Å². The lowest BCUT2D eigenvalue weighted by Gasteiger charge is -2.43. The number of ether oxygens (including phenoxy) is 2. The van der Waals surface area contributed by atoms with Gasteiger partial charge < -0.3 is 25.4 Å². The summed E-state index contributed by atoms with van der Waals surface area (Å²) >= 11 is 5.81. The minimum absolute atomic E-state index is 0. The molecule has 3 aromatic rings. The van der Waals surface area contributed by atoms with E-state index in [-0.39, 0.29) is 29.3 Å². The van der Waals surface area contributed by atoms with E-state index in [1.165, 1.54) is 11.0 Å². The van der Waals surface area contributed by atoms with Gasteiger partial charge in [-0.1, -0.05) is 48.9 Å². The number of benzene rings is 3. The minimum atomic E-state index is -4.68. The molecule has 0 bridgehead atoms. The summed E-state index contributed by atoms with van der Waals surface area (Å²) < 4.78 is 52.4. The van der Waals surface area contributed by atoms with Crippen molar-refractivity contribution in [2.24, 2.45) is 0 Å². The molecule has 0 saturated carbocycles. The second-order valence-corrected chi connectivity index (χ2v) is 9.92. The average molecular weight is 578 g/mol.